The van der Waals surface area contributed by atoms with Gasteiger partial charge >= 0.3 is 0 Å². The Morgan fingerprint density at radius 1 is 1.18 bits per heavy atom. The first kappa shape index (κ1) is 21.7. The second-order valence-electron chi connectivity index (χ2n) is 8.17. The van der Waals surface area contributed by atoms with Crippen LogP contribution < -0.4 is 5.56 Å². The number of amides is 1. The number of nitrogens with one attached hydrogen (secondary N) is 1. The number of nitrogens with zero attached hydrogens (tertiary/aromatic N) is 4. The van der Waals surface area contributed by atoms with Crippen molar-refractivity contribution in [2.24, 2.45) is 7.05 Å². The second kappa shape index (κ2) is 9.36. The molecule has 1 fully saturated rings. The predicted molar refractivity (Wildman–Crippen MR) is 128 cm³/mol. The maximum absolute atomic E-state index is 13.3. The number of thioether (sulfide) groups is 1. The Hall–Kier alpha value is -3.17. The molecule has 1 aliphatic rings. The molecule has 0 spiro atoms. The number of carbonyl (C=O) groups excluding carboxylic acids is 1. The minimum atomic E-state index is -0.200. The van der Waals surface area contributed by atoms with E-state index in [1.54, 1.807) is 11.0 Å². The molecule has 8 nitrogen and oxygen atoms in total. The van der Waals surface area contributed by atoms with Gasteiger partial charge in [-0.05, 0) is 37.1 Å². The van der Waals surface area contributed by atoms with Crippen LogP contribution in [-0.2, 0) is 23.1 Å². The first-order valence-corrected chi connectivity index (χ1v) is 12.0. The largest absolute Gasteiger partial charge is 0.376 e. The lowest BCUT2D eigenvalue weighted by atomic mass is 10.2. The van der Waals surface area contributed by atoms with E-state index in [2.05, 4.69) is 15.0 Å². The Kier molecular flexibility index (Phi) is 6.15. The lowest BCUT2D eigenvalue weighted by molar-refractivity contribution is -0.130. The number of imidazole rings is 1. The third-order valence-electron chi connectivity index (χ3n) is 5.87. The van der Waals surface area contributed by atoms with Crippen molar-refractivity contribution in [3.63, 3.8) is 0 Å². The van der Waals surface area contributed by atoms with Crippen LogP contribution in [0.1, 0.15) is 18.7 Å². The summed E-state index contributed by atoms with van der Waals surface area (Å²) in [5.74, 6) is 0.665. The van der Waals surface area contributed by atoms with Gasteiger partial charge in [0.25, 0.3) is 5.56 Å². The van der Waals surface area contributed by atoms with E-state index in [4.69, 9.17) is 4.74 Å². The van der Waals surface area contributed by atoms with Gasteiger partial charge in [-0.25, -0.2) is 9.97 Å². The normalized spacial score (nSPS) is 16.0. The Morgan fingerprint density at radius 2 is 1.97 bits per heavy atom. The molecule has 4 aromatic rings. The van der Waals surface area contributed by atoms with Crippen LogP contribution in [0, 0.1) is 0 Å². The summed E-state index contributed by atoms with van der Waals surface area (Å²) < 4.78 is 7.78. The zero-order chi connectivity index (χ0) is 22.8. The van der Waals surface area contributed by atoms with Crippen molar-refractivity contribution < 1.29 is 9.53 Å². The molecule has 2 aromatic carbocycles. The van der Waals surface area contributed by atoms with Crippen molar-refractivity contribution in [3.8, 4) is 0 Å². The molecular formula is C24H25N5O3S. The van der Waals surface area contributed by atoms with Crippen LogP contribution in [0.4, 0.5) is 0 Å². The number of para-hydroxylation sites is 3. The summed E-state index contributed by atoms with van der Waals surface area (Å²) in [6.45, 7) is 1.41. The van der Waals surface area contributed by atoms with Crippen molar-refractivity contribution >= 4 is 39.6 Å². The fourth-order valence-electron chi connectivity index (χ4n) is 4.15. The van der Waals surface area contributed by atoms with Crippen LogP contribution in [0.15, 0.2) is 58.5 Å². The van der Waals surface area contributed by atoms with Gasteiger partial charge in [-0.3, -0.25) is 9.59 Å². The molecule has 0 unspecified atom stereocenters. The number of H-pyrrole nitrogens is 1. The van der Waals surface area contributed by atoms with Gasteiger partial charge in [0.15, 0.2) is 5.16 Å². The van der Waals surface area contributed by atoms with E-state index in [0.29, 0.717) is 29.9 Å². The lowest BCUT2D eigenvalue weighted by Gasteiger charge is -2.25. The van der Waals surface area contributed by atoms with E-state index in [-0.39, 0.29) is 29.9 Å². The van der Waals surface area contributed by atoms with Gasteiger partial charge in [0.2, 0.25) is 5.91 Å². The molecule has 1 amide bonds. The number of hydrogen-bond acceptors (Lipinski definition) is 6. The number of aromatic amines is 1. The monoisotopic (exact) mass is 463 g/mol. The van der Waals surface area contributed by atoms with E-state index in [1.807, 2.05) is 54.1 Å². The Balaban J connectivity index is 1.35. The molecule has 1 N–H and O–H groups in total. The van der Waals surface area contributed by atoms with E-state index in [0.717, 1.165) is 29.0 Å². The summed E-state index contributed by atoms with van der Waals surface area (Å²) in [6.07, 6.45) is 1.91. The quantitative estimate of drug-likeness (QED) is 0.424. The molecule has 170 valence electrons. The lowest BCUT2D eigenvalue weighted by Crippen LogP contribution is -2.38. The number of aryl methyl sites for hydroxylation is 1. The van der Waals surface area contributed by atoms with Crippen LogP contribution in [-0.4, -0.2) is 55.3 Å². The number of fused-ring (bicyclic) bond motifs is 2. The molecule has 1 aliphatic heterocycles. The molecule has 1 atom stereocenters. The number of ether oxygens (including phenoxy) is 1. The zero-order valence-corrected chi connectivity index (χ0v) is 19.2. The third-order valence-corrected chi connectivity index (χ3v) is 6.89. The molecule has 33 heavy (non-hydrogen) atoms. The average Bonchev–Trinajstić information content (AvgIpc) is 3.45. The van der Waals surface area contributed by atoms with Gasteiger partial charge < -0.3 is 19.2 Å². The topological polar surface area (TPSA) is 93.1 Å². The Bertz CT molecular complexity index is 1360. The fourth-order valence-corrected chi connectivity index (χ4v) is 5.04. The van der Waals surface area contributed by atoms with Crippen LogP contribution in [0.25, 0.3) is 21.9 Å². The summed E-state index contributed by atoms with van der Waals surface area (Å²) in [7, 11) is 1.95. The SMILES string of the molecule is Cn1c(SCC(=O)N(Cc2nc3ccccc3c(=O)[nH]2)C[C@@H]2CCCO2)nc2ccccc21. The Morgan fingerprint density at radius 3 is 2.76 bits per heavy atom. The maximum atomic E-state index is 13.3. The first-order valence-electron chi connectivity index (χ1n) is 11.0. The van der Waals surface area contributed by atoms with Crippen LogP contribution in [0.2, 0.25) is 0 Å². The van der Waals surface area contributed by atoms with Gasteiger partial charge in [0.1, 0.15) is 5.82 Å². The van der Waals surface area contributed by atoms with E-state index < -0.39 is 0 Å². The van der Waals surface area contributed by atoms with E-state index >= 15 is 0 Å². The smallest absolute Gasteiger partial charge is 0.258 e. The Labute approximate surface area is 195 Å². The molecule has 2 aromatic heterocycles. The van der Waals surface area contributed by atoms with Gasteiger partial charge in [-0.15, -0.1) is 0 Å². The van der Waals surface area contributed by atoms with Crippen LogP contribution >= 0.6 is 11.8 Å². The minimum absolute atomic E-state index is 0.00174. The van der Waals surface area contributed by atoms with Gasteiger partial charge in [0, 0.05) is 20.2 Å². The molecule has 5 rings (SSSR count). The van der Waals surface area contributed by atoms with Crippen molar-refractivity contribution in [1.29, 1.82) is 0 Å². The number of benzene rings is 2. The summed E-state index contributed by atoms with van der Waals surface area (Å²) in [4.78, 5) is 39.6. The molecule has 0 bridgehead atoms. The highest BCUT2D eigenvalue weighted by Crippen LogP contribution is 2.23. The van der Waals surface area contributed by atoms with E-state index in [9.17, 15) is 9.59 Å². The molecule has 9 heteroatoms. The van der Waals surface area contributed by atoms with Gasteiger partial charge in [-0.1, -0.05) is 36.0 Å². The molecule has 0 aliphatic carbocycles. The van der Waals surface area contributed by atoms with E-state index in [1.165, 1.54) is 11.8 Å². The summed E-state index contributed by atoms with van der Waals surface area (Å²) in [5.41, 5.74) is 2.36. The fraction of sp³-hybridized carbons (Fsp3) is 0.333. The summed E-state index contributed by atoms with van der Waals surface area (Å²) >= 11 is 1.41. The van der Waals surface area contributed by atoms with Crippen molar-refractivity contribution in [3.05, 3.63) is 64.7 Å². The molecule has 3 heterocycles. The van der Waals surface area contributed by atoms with Crippen LogP contribution in [0.5, 0.6) is 0 Å². The average molecular weight is 464 g/mol. The highest BCUT2D eigenvalue weighted by atomic mass is 32.2. The maximum Gasteiger partial charge on any atom is 0.258 e. The second-order valence-corrected chi connectivity index (χ2v) is 9.11. The molecular weight excluding hydrogens is 438 g/mol. The number of carbonyl (C=O) groups is 1. The van der Waals surface area contributed by atoms with Gasteiger partial charge in [-0.2, -0.15) is 0 Å². The van der Waals surface area contributed by atoms with Gasteiger partial charge in [0.05, 0.1) is 40.3 Å². The minimum Gasteiger partial charge on any atom is -0.376 e. The van der Waals surface area contributed by atoms with Crippen molar-refractivity contribution in [2.45, 2.75) is 30.6 Å². The predicted octanol–water partition coefficient (Wildman–Crippen LogP) is 3.11. The molecule has 0 radical (unpaired) electrons. The number of rotatable bonds is 7. The van der Waals surface area contributed by atoms with Crippen molar-refractivity contribution in [2.75, 3.05) is 18.9 Å². The number of hydrogen-bond donors (Lipinski definition) is 1. The zero-order valence-electron chi connectivity index (χ0n) is 18.4. The van der Waals surface area contributed by atoms with Crippen LogP contribution in [0.3, 0.4) is 0 Å². The number of aromatic nitrogens is 4. The molecule has 1 saturated heterocycles. The third kappa shape index (κ3) is 4.65. The highest BCUT2D eigenvalue weighted by Gasteiger charge is 2.24. The first-order chi connectivity index (χ1) is 16.1. The van der Waals surface area contributed by atoms with Crippen molar-refractivity contribution in [1.82, 2.24) is 24.4 Å². The summed E-state index contributed by atoms with van der Waals surface area (Å²) in [6, 6.07) is 15.1. The molecule has 0 saturated carbocycles. The summed E-state index contributed by atoms with van der Waals surface area (Å²) in [5, 5.41) is 1.33. The standard InChI is InChI=1S/C24H25N5O3S/c1-28-20-11-5-4-10-19(20)26-24(28)33-15-22(30)29(13-16-7-6-12-32-16)14-21-25-18-9-3-2-8-17(18)23(31)27-21/h2-5,8-11,16H,6-7,12-15H2,1H3,(H,25,27,31)/t16-/m0/s1. The highest BCUT2D eigenvalue weighted by molar-refractivity contribution is 7.99.